The maximum Gasteiger partial charge on any atom is 0.254 e. The first-order chi connectivity index (χ1) is 11.9. The van der Waals surface area contributed by atoms with Gasteiger partial charge in [-0.1, -0.05) is 6.92 Å². The number of carbonyl (C=O) groups excluding carboxylic acids is 1. The predicted octanol–water partition coefficient (Wildman–Crippen LogP) is 1.75. The second kappa shape index (κ2) is 6.70. The molecule has 1 fully saturated rings. The molecule has 2 rings (SSSR count). The van der Waals surface area contributed by atoms with E-state index in [1.807, 2.05) is 6.92 Å². The lowest BCUT2D eigenvalue weighted by Gasteiger charge is -2.32. The minimum absolute atomic E-state index is 0.0577. The van der Waals surface area contributed by atoms with E-state index in [0.29, 0.717) is 6.42 Å². The van der Waals surface area contributed by atoms with Gasteiger partial charge in [-0.25, -0.2) is 4.98 Å². The molecule has 1 saturated carbocycles. The lowest BCUT2D eigenvalue weighted by atomic mass is 9.85. The van der Waals surface area contributed by atoms with Crippen molar-refractivity contribution < 1.29 is 14.0 Å². The highest BCUT2D eigenvalue weighted by Gasteiger charge is 2.27. The molecule has 0 aliphatic heterocycles. The Morgan fingerprint density at radius 1 is 1.52 bits per heavy atom. The van der Waals surface area contributed by atoms with E-state index in [4.69, 9.17) is 9.85 Å². The van der Waals surface area contributed by atoms with Gasteiger partial charge in [0.05, 0.1) is 11.7 Å². The summed E-state index contributed by atoms with van der Waals surface area (Å²) in [6.45, 7) is 2.78. The van der Waals surface area contributed by atoms with Gasteiger partial charge in [-0.05, 0) is 45.9 Å². The number of nitrogens with zero attached hydrogens (tertiary/aromatic N) is 2. The van der Waals surface area contributed by atoms with Crippen LogP contribution in [-0.4, -0.2) is 38.7 Å². The van der Waals surface area contributed by atoms with Gasteiger partial charge >= 0.3 is 0 Å². The second-order valence-electron chi connectivity index (χ2n) is 6.77. The van der Waals surface area contributed by atoms with Crippen molar-refractivity contribution in [3.8, 4) is 0 Å². The number of hydrogen-bond donors (Lipinski definition) is 4. The zero-order valence-corrected chi connectivity index (χ0v) is 13.8. The number of hydrogen-bond acceptors (Lipinski definition) is 6. The summed E-state index contributed by atoms with van der Waals surface area (Å²) in [5.41, 5.74) is 4.26. The van der Waals surface area contributed by atoms with Gasteiger partial charge in [0.1, 0.15) is 5.82 Å². The van der Waals surface area contributed by atoms with E-state index in [9.17, 15) is 9.90 Å². The van der Waals surface area contributed by atoms with E-state index in [1.54, 1.807) is 0 Å². The van der Waals surface area contributed by atoms with E-state index in [-0.39, 0.29) is 29.3 Å². The summed E-state index contributed by atoms with van der Waals surface area (Å²) in [7, 11) is 0. The molecule has 1 aromatic rings. The number of primary amides is 1. The van der Waals surface area contributed by atoms with Crippen LogP contribution in [0.2, 0.25) is 0 Å². The Morgan fingerprint density at radius 2 is 2.26 bits per heavy atom. The molecular formula is C16H27N5O2. The van der Waals surface area contributed by atoms with Gasteiger partial charge < -0.3 is 21.5 Å². The van der Waals surface area contributed by atoms with Crippen LogP contribution in [0.3, 0.4) is 0 Å². The second-order valence-corrected chi connectivity index (χ2v) is 6.77. The molecule has 1 amide bonds. The van der Waals surface area contributed by atoms with Crippen molar-refractivity contribution in [3.05, 3.63) is 11.8 Å². The van der Waals surface area contributed by atoms with Crippen molar-refractivity contribution in [2.24, 2.45) is 11.7 Å². The van der Waals surface area contributed by atoms with Crippen molar-refractivity contribution in [2.45, 2.75) is 64.6 Å². The van der Waals surface area contributed by atoms with Gasteiger partial charge in [-0.15, -0.1) is 0 Å². The topological polar surface area (TPSA) is 113 Å². The molecule has 23 heavy (non-hydrogen) atoms. The zero-order valence-electron chi connectivity index (χ0n) is 16.8. The van der Waals surface area contributed by atoms with Gasteiger partial charge in [0.2, 0.25) is 5.95 Å². The summed E-state index contributed by atoms with van der Waals surface area (Å²) in [5.74, 6) is -0.128. The van der Waals surface area contributed by atoms with E-state index >= 15 is 0 Å². The molecule has 0 aromatic carbocycles. The Hall–Kier alpha value is -1.89. The van der Waals surface area contributed by atoms with Crippen LogP contribution in [0.1, 0.15) is 61.4 Å². The van der Waals surface area contributed by atoms with Crippen molar-refractivity contribution >= 4 is 17.7 Å². The Morgan fingerprint density at radius 3 is 2.87 bits per heavy atom. The minimum atomic E-state index is -2.27. The number of aliphatic hydroxyl groups excluding tert-OH is 1. The fourth-order valence-electron chi connectivity index (χ4n) is 2.63. The third-order valence-electron chi connectivity index (χ3n) is 3.97. The van der Waals surface area contributed by atoms with Crippen molar-refractivity contribution in [1.29, 1.82) is 0 Å². The lowest BCUT2D eigenvalue weighted by molar-refractivity contribution is 0.0739. The SMILES string of the molecule is [2H]C([2H])([2H])C(C)(C)Nc1ncc(C(N)=O)c(NC2CCC(C)C(O)C2)n1. The van der Waals surface area contributed by atoms with Gasteiger partial charge in [0, 0.05) is 21.9 Å². The van der Waals surface area contributed by atoms with Crippen molar-refractivity contribution in [1.82, 2.24) is 9.97 Å². The first kappa shape index (κ1) is 13.5. The molecule has 5 N–H and O–H groups in total. The van der Waals surface area contributed by atoms with Crippen LogP contribution in [0.25, 0.3) is 0 Å². The molecule has 0 bridgehead atoms. The summed E-state index contributed by atoms with van der Waals surface area (Å²) in [6, 6.07) is -0.0577. The summed E-state index contributed by atoms with van der Waals surface area (Å²) >= 11 is 0. The minimum Gasteiger partial charge on any atom is -0.393 e. The average Bonchev–Trinajstić information content (AvgIpc) is 2.49. The fourth-order valence-corrected chi connectivity index (χ4v) is 2.63. The van der Waals surface area contributed by atoms with Gasteiger partial charge in [-0.2, -0.15) is 4.98 Å². The first-order valence-electron chi connectivity index (χ1n) is 9.30. The van der Waals surface area contributed by atoms with Crippen LogP contribution in [0.4, 0.5) is 11.8 Å². The molecule has 1 aliphatic rings. The zero-order chi connectivity index (χ0) is 19.7. The van der Waals surface area contributed by atoms with Crippen LogP contribution >= 0.6 is 0 Å². The number of nitrogens with one attached hydrogen (secondary N) is 2. The molecule has 3 atom stereocenters. The molecule has 128 valence electrons. The molecule has 0 radical (unpaired) electrons. The number of aromatic nitrogens is 2. The van der Waals surface area contributed by atoms with Crippen molar-refractivity contribution in [3.63, 3.8) is 0 Å². The van der Waals surface area contributed by atoms with E-state index < -0.39 is 24.4 Å². The number of aliphatic hydroxyl groups is 1. The van der Waals surface area contributed by atoms with Crippen LogP contribution in [0, 0.1) is 5.92 Å². The van der Waals surface area contributed by atoms with Gasteiger partial charge in [0.15, 0.2) is 0 Å². The predicted molar refractivity (Wildman–Crippen MR) is 90.4 cm³/mol. The smallest absolute Gasteiger partial charge is 0.254 e. The Balaban J connectivity index is 2.25. The molecule has 1 aliphatic carbocycles. The summed E-state index contributed by atoms with van der Waals surface area (Å²) < 4.78 is 22.8. The molecule has 1 heterocycles. The summed E-state index contributed by atoms with van der Waals surface area (Å²) in [6.07, 6.45) is 3.06. The quantitative estimate of drug-likeness (QED) is 0.671. The Bertz CT molecular complexity index is 666. The molecule has 1 aromatic heterocycles. The van der Waals surface area contributed by atoms with E-state index in [0.717, 1.165) is 12.8 Å². The molecule has 0 saturated heterocycles. The highest BCUT2D eigenvalue weighted by molar-refractivity contribution is 5.97. The number of carbonyl (C=O) groups is 1. The molecule has 0 spiro atoms. The maximum atomic E-state index is 11.7. The van der Waals surface area contributed by atoms with Crippen LogP contribution in [-0.2, 0) is 0 Å². The van der Waals surface area contributed by atoms with Gasteiger partial charge in [0.25, 0.3) is 5.91 Å². The average molecular weight is 324 g/mol. The Kier molecular flexibility index (Phi) is 3.94. The first-order valence-corrected chi connectivity index (χ1v) is 7.80. The fraction of sp³-hybridized carbons (Fsp3) is 0.688. The van der Waals surface area contributed by atoms with Crippen LogP contribution in [0.15, 0.2) is 6.20 Å². The highest BCUT2D eigenvalue weighted by atomic mass is 16.3. The number of nitrogens with two attached hydrogens (primary N) is 1. The number of rotatable bonds is 4. The van der Waals surface area contributed by atoms with E-state index in [2.05, 4.69) is 20.6 Å². The Labute approximate surface area is 141 Å². The van der Waals surface area contributed by atoms with Crippen LogP contribution in [0.5, 0.6) is 0 Å². The van der Waals surface area contributed by atoms with Gasteiger partial charge in [-0.3, -0.25) is 4.79 Å². The number of anilines is 2. The molecular weight excluding hydrogens is 294 g/mol. The summed E-state index contributed by atoms with van der Waals surface area (Å²) in [5, 5.41) is 16.0. The van der Waals surface area contributed by atoms with Crippen LogP contribution < -0.4 is 16.4 Å². The lowest BCUT2D eigenvalue weighted by Crippen LogP contribution is -2.36. The largest absolute Gasteiger partial charge is 0.393 e. The molecule has 7 heteroatoms. The molecule has 3 unspecified atom stereocenters. The standard InChI is InChI=1S/C16H27N5O2/c1-9-5-6-10(7-12(9)22)19-14-11(13(17)23)8-18-15(20-14)21-16(2,3)4/h8-10,12,22H,5-7H2,1-4H3,(H2,17,23)(H2,18,19,20,21)/i2D3. The molecule has 7 nitrogen and oxygen atoms in total. The van der Waals surface area contributed by atoms with E-state index in [1.165, 1.54) is 20.0 Å². The number of amides is 1. The highest BCUT2D eigenvalue weighted by Crippen LogP contribution is 2.27. The van der Waals surface area contributed by atoms with Crippen molar-refractivity contribution in [2.75, 3.05) is 10.6 Å². The third-order valence-corrected chi connectivity index (χ3v) is 3.97. The maximum absolute atomic E-state index is 11.7. The normalized spacial score (nSPS) is 27.5. The summed E-state index contributed by atoms with van der Waals surface area (Å²) in [4.78, 5) is 20.0. The monoisotopic (exact) mass is 324 g/mol. The third kappa shape index (κ3) is 4.79.